The first-order valence-electron chi connectivity index (χ1n) is 7.91. The molecular formula is C19H17ClN4O2. The van der Waals surface area contributed by atoms with Gasteiger partial charge in [0.1, 0.15) is 11.4 Å². The van der Waals surface area contributed by atoms with E-state index in [0.717, 1.165) is 5.56 Å². The fourth-order valence-corrected chi connectivity index (χ4v) is 2.38. The molecule has 7 heteroatoms. The molecule has 132 valence electrons. The maximum Gasteiger partial charge on any atom is 0.274 e. The number of ether oxygens (including phenoxy) is 1. The lowest BCUT2D eigenvalue weighted by atomic mass is 10.2. The zero-order valence-electron chi connectivity index (χ0n) is 14.1. The quantitative estimate of drug-likeness (QED) is 0.687. The van der Waals surface area contributed by atoms with Crippen molar-refractivity contribution in [3.05, 3.63) is 77.1 Å². The van der Waals surface area contributed by atoms with Gasteiger partial charge < -0.3 is 15.4 Å². The van der Waals surface area contributed by atoms with Crippen molar-refractivity contribution in [3.63, 3.8) is 0 Å². The van der Waals surface area contributed by atoms with Gasteiger partial charge in [-0.15, -0.1) is 0 Å². The number of nitrogens with one attached hydrogen (secondary N) is 2. The van der Waals surface area contributed by atoms with Crippen LogP contribution in [0.25, 0.3) is 0 Å². The van der Waals surface area contributed by atoms with Gasteiger partial charge in [-0.2, -0.15) is 0 Å². The van der Waals surface area contributed by atoms with Crippen LogP contribution in [0, 0.1) is 0 Å². The number of carbonyl (C=O) groups excluding carboxylic acids is 1. The molecule has 3 aromatic rings. The second kappa shape index (κ2) is 8.31. The Balaban J connectivity index is 1.65. The van der Waals surface area contributed by atoms with Gasteiger partial charge in [-0.3, -0.25) is 4.79 Å². The zero-order chi connectivity index (χ0) is 18.4. The minimum absolute atomic E-state index is 0.265. The summed E-state index contributed by atoms with van der Waals surface area (Å²) in [5.41, 5.74) is 1.93. The van der Waals surface area contributed by atoms with Gasteiger partial charge in [-0.05, 0) is 35.9 Å². The minimum Gasteiger partial charge on any atom is -0.497 e. The Kier molecular flexibility index (Phi) is 5.66. The summed E-state index contributed by atoms with van der Waals surface area (Å²) in [6, 6.07) is 16.1. The normalized spacial score (nSPS) is 10.2. The van der Waals surface area contributed by atoms with Crippen LogP contribution in [-0.2, 0) is 6.54 Å². The van der Waals surface area contributed by atoms with Crippen molar-refractivity contribution in [1.82, 2.24) is 9.97 Å². The molecule has 0 saturated carbocycles. The number of halogens is 1. The highest BCUT2D eigenvalue weighted by Gasteiger charge is 2.10. The molecule has 0 radical (unpaired) electrons. The Hall–Kier alpha value is -3.12. The summed E-state index contributed by atoms with van der Waals surface area (Å²) >= 11 is 5.87. The third kappa shape index (κ3) is 4.70. The molecular weight excluding hydrogens is 352 g/mol. The maximum absolute atomic E-state index is 12.4. The van der Waals surface area contributed by atoms with Gasteiger partial charge in [0.05, 0.1) is 7.11 Å². The van der Waals surface area contributed by atoms with Crippen molar-refractivity contribution < 1.29 is 9.53 Å². The first-order valence-corrected chi connectivity index (χ1v) is 8.28. The number of rotatable bonds is 6. The first-order chi connectivity index (χ1) is 12.6. The Morgan fingerprint density at radius 1 is 1.15 bits per heavy atom. The van der Waals surface area contributed by atoms with Gasteiger partial charge in [0.15, 0.2) is 0 Å². The summed E-state index contributed by atoms with van der Waals surface area (Å²) in [6.45, 7) is 0.526. The topological polar surface area (TPSA) is 76.1 Å². The summed E-state index contributed by atoms with van der Waals surface area (Å²) in [5.74, 6) is 0.712. The van der Waals surface area contributed by atoms with E-state index in [1.165, 1.54) is 6.20 Å². The van der Waals surface area contributed by atoms with E-state index >= 15 is 0 Å². The van der Waals surface area contributed by atoms with E-state index in [9.17, 15) is 4.79 Å². The largest absolute Gasteiger partial charge is 0.497 e. The fourth-order valence-electron chi connectivity index (χ4n) is 2.25. The van der Waals surface area contributed by atoms with E-state index < -0.39 is 0 Å². The number of aromatic nitrogens is 2. The van der Waals surface area contributed by atoms with E-state index in [-0.39, 0.29) is 11.6 Å². The van der Waals surface area contributed by atoms with Crippen molar-refractivity contribution in [2.45, 2.75) is 6.54 Å². The minimum atomic E-state index is -0.324. The lowest BCUT2D eigenvalue weighted by molar-refractivity contribution is 0.102. The van der Waals surface area contributed by atoms with Crippen LogP contribution in [0.3, 0.4) is 0 Å². The summed E-state index contributed by atoms with van der Waals surface area (Å²) < 4.78 is 5.15. The number of carbonyl (C=O) groups is 1. The molecule has 0 atom stereocenters. The predicted octanol–water partition coefficient (Wildman–Crippen LogP) is 4.00. The monoisotopic (exact) mass is 368 g/mol. The maximum atomic E-state index is 12.4. The molecule has 0 fully saturated rings. The lowest BCUT2D eigenvalue weighted by Gasteiger charge is -2.08. The number of anilines is 2. The number of methoxy groups -OCH3 is 1. The third-order valence-corrected chi connectivity index (χ3v) is 3.83. The van der Waals surface area contributed by atoms with E-state index in [1.54, 1.807) is 37.4 Å². The Morgan fingerprint density at radius 2 is 1.96 bits per heavy atom. The van der Waals surface area contributed by atoms with Gasteiger partial charge >= 0.3 is 0 Å². The number of benzene rings is 2. The summed E-state index contributed by atoms with van der Waals surface area (Å²) in [4.78, 5) is 20.8. The molecule has 0 aliphatic carbocycles. The molecule has 26 heavy (non-hydrogen) atoms. The highest BCUT2D eigenvalue weighted by Crippen LogP contribution is 2.17. The predicted molar refractivity (Wildman–Crippen MR) is 102 cm³/mol. The highest BCUT2D eigenvalue weighted by molar-refractivity contribution is 6.30. The van der Waals surface area contributed by atoms with Crippen LogP contribution in [0.4, 0.5) is 11.6 Å². The molecule has 2 N–H and O–H groups in total. The van der Waals surface area contributed by atoms with Crippen molar-refractivity contribution in [1.29, 1.82) is 0 Å². The molecule has 6 nitrogen and oxygen atoms in total. The molecule has 2 aromatic carbocycles. The third-order valence-electron chi connectivity index (χ3n) is 3.58. The number of hydrogen-bond acceptors (Lipinski definition) is 5. The Bertz CT molecular complexity index is 900. The molecule has 1 aromatic heterocycles. The standard InChI is InChI=1S/C19H17ClN4O2/c1-26-16-4-2-3-15(11-16)23-18(25)17-9-10-21-19(24-17)22-12-13-5-7-14(20)8-6-13/h2-11H,12H2,1H3,(H,23,25)(H,21,22,24). The molecule has 0 aliphatic heterocycles. The van der Waals surface area contributed by atoms with Crippen LogP contribution in [0.15, 0.2) is 60.8 Å². The van der Waals surface area contributed by atoms with Crippen LogP contribution >= 0.6 is 11.6 Å². The zero-order valence-corrected chi connectivity index (χ0v) is 14.8. The van der Waals surface area contributed by atoms with E-state index in [2.05, 4.69) is 20.6 Å². The Morgan fingerprint density at radius 3 is 2.73 bits per heavy atom. The molecule has 0 bridgehead atoms. The first kappa shape index (κ1) is 17.7. The smallest absolute Gasteiger partial charge is 0.274 e. The molecule has 0 spiro atoms. The van der Waals surface area contributed by atoms with Gasteiger partial charge in [0.25, 0.3) is 5.91 Å². The SMILES string of the molecule is COc1cccc(NC(=O)c2ccnc(NCc3ccc(Cl)cc3)n2)c1. The molecule has 1 heterocycles. The van der Waals surface area contributed by atoms with Crippen molar-refractivity contribution >= 4 is 29.1 Å². The second-order valence-corrected chi connectivity index (χ2v) is 5.87. The van der Waals surface area contributed by atoms with Gasteiger partial charge in [-0.1, -0.05) is 29.8 Å². The van der Waals surface area contributed by atoms with Crippen LogP contribution in [-0.4, -0.2) is 23.0 Å². The molecule has 1 amide bonds. The number of nitrogens with zero attached hydrogens (tertiary/aromatic N) is 2. The number of amides is 1. The average molecular weight is 369 g/mol. The van der Waals surface area contributed by atoms with Crippen LogP contribution in [0.1, 0.15) is 16.1 Å². The molecule has 0 saturated heterocycles. The van der Waals surface area contributed by atoms with Gasteiger partial charge in [0.2, 0.25) is 5.95 Å². The summed E-state index contributed by atoms with van der Waals surface area (Å²) in [5, 5.41) is 6.56. The van der Waals surface area contributed by atoms with Crippen molar-refractivity contribution in [3.8, 4) is 5.75 Å². The van der Waals surface area contributed by atoms with E-state index in [4.69, 9.17) is 16.3 Å². The average Bonchev–Trinajstić information content (AvgIpc) is 2.68. The summed E-state index contributed by atoms with van der Waals surface area (Å²) in [6.07, 6.45) is 1.54. The summed E-state index contributed by atoms with van der Waals surface area (Å²) in [7, 11) is 1.57. The van der Waals surface area contributed by atoms with Crippen LogP contribution < -0.4 is 15.4 Å². The second-order valence-electron chi connectivity index (χ2n) is 5.43. The van der Waals surface area contributed by atoms with Crippen LogP contribution in [0.2, 0.25) is 5.02 Å². The lowest BCUT2D eigenvalue weighted by Crippen LogP contribution is -2.15. The number of hydrogen-bond donors (Lipinski definition) is 2. The van der Waals surface area contributed by atoms with E-state index in [1.807, 2.05) is 24.3 Å². The molecule has 3 rings (SSSR count). The van der Waals surface area contributed by atoms with Gasteiger partial charge in [-0.25, -0.2) is 9.97 Å². The fraction of sp³-hybridized carbons (Fsp3) is 0.105. The van der Waals surface area contributed by atoms with Gasteiger partial charge in [0, 0.05) is 29.5 Å². The van der Waals surface area contributed by atoms with Crippen molar-refractivity contribution in [2.75, 3.05) is 17.7 Å². The van der Waals surface area contributed by atoms with E-state index in [0.29, 0.717) is 29.0 Å². The molecule has 0 unspecified atom stereocenters. The Labute approximate surface area is 156 Å². The highest BCUT2D eigenvalue weighted by atomic mass is 35.5. The van der Waals surface area contributed by atoms with Crippen molar-refractivity contribution in [2.24, 2.45) is 0 Å². The molecule has 0 aliphatic rings. The van der Waals surface area contributed by atoms with Crippen LogP contribution in [0.5, 0.6) is 5.75 Å².